The van der Waals surface area contributed by atoms with Crippen LogP contribution in [0.2, 0.25) is 5.15 Å². The van der Waals surface area contributed by atoms with Crippen molar-refractivity contribution >= 4 is 17.6 Å². The van der Waals surface area contributed by atoms with Crippen LogP contribution < -0.4 is 4.74 Å². The fourth-order valence-electron chi connectivity index (χ4n) is 1.66. The molecule has 0 saturated carbocycles. The summed E-state index contributed by atoms with van der Waals surface area (Å²) in [5.74, 6) is -0.250. The number of pyridine rings is 1. The maximum absolute atomic E-state index is 10.9. The number of para-hydroxylation sites is 1. The van der Waals surface area contributed by atoms with E-state index in [4.69, 9.17) is 21.4 Å². The van der Waals surface area contributed by atoms with Gasteiger partial charge in [-0.1, -0.05) is 36.7 Å². The molecule has 0 aliphatic rings. The summed E-state index contributed by atoms with van der Waals surface area (Å²) in [5, 5.41) is 9.05. The average molecular weight is 278 g/mol. The van der Waals surface area contributed by atoms with Crippen molar-refractivity contribution in [3.05, 3.63) is 52.7 Å². The SMILES string of the molecule is CCc1ccccc1Oc1cc(C(=O)O)cc(Cl)n1. The van der Waals surface area contributed by atoms with E-state index in [-0.39, 0.29) is 16.6 Å². The average Bonchev–Trinajstić information content (AvgIpc) is 2.38. The number of rotatable bonds is 4. The van der Waals surface area contributed by atoms with Crippen molar-refractivity contribution in [2.45, 2.75) is 13.3 Å². The predicted octanol–water partition coefficient (Wildman–Crippen LogP) is 3.79. The third-order valence-corrected chi connectivity index (χ3v) is 2.78. The van der Waals surface area contributed by atoms with Gasteiger partial charge in [0.15, 0.2) is 0 Å². The monoisotopic (exact) mass is 277 g/mol. The quantitative estimate of drug-likeness (QED) is 0.864. The van der Waals surface area contributed by atoms with Crippen LogP contribution in [0.25, 0.3) is 0 Å². The smallest absolute Gasteiger partial charge is 0.335 e. The van der Waals surface area contributed by atoms with Crippen molar-refractivity contribution in [1.29, 1.82) is 0 Å². The second-order valence-electron chi connectivity index (χ2n) is 3.89. The second-order valence-corrected chi connectivity index (χ2v) is 4.27. The molecule has 5 heteroatoms. The Balaban J connectivity index is 2.35. The second kappa shape index (κ2) is 5.71. The number of hydrogen-bond acceptors (Lipinski definition) is 3. The van der Waals surface area contributed by atoms with Gasteiger partial charge in [-0.15, -0.1) is 0 Å². The van der Waals surface area contributed by atoms with E-state index < -0.39 is 5.97 Å². The first kappa shape index (κ1) is 13.4. The number of aromatic nitrogens is 1. The molecule has 0 radical (unpaired) electrons. The number of carboxylic acids is 1. The lowest BCUT2D eigenvalue weighted by molar-refractivity contribution is 0.0696. The van der Waals surface area contributed by atoms with Gasteiger partial charge in [0.25, 0.3) is 0 Å². The van der Waals surface area contributed by atoms with Crippen LogP contribution >= 0.6 is 11.6 Å². The molecule has 1 heterocycles. The molecule has 1 N–H and O–H groups in total. The van der Waals surface area contributed by atoms with E-state index in [1.807, 2.05) is 31.2 Å². The van der Waals surface area contributed by atoms with E-state index in [2.05, 4.69) is 4.98 Å². The molecule has 0 fully saturated rings. The zero-order chi connectivity index (χ0) is 13.8. The summed E-state index contributed by atoms with van der Waals surface area (Å²) in [6.45, 7) is 2.01. The largest absolute Gasteiger partial charge is 0.478 e. The van der Waals surface area contributed by atoms with Crippen LogP contribution in [-0.2, 0) is 6.42 Å². The molecular formula is C14H12ClNO3. The Morgan fingerprint density at radius 1 is 1.37 bits per heavy atom. The van der Waals surface area contributed by atoms with Crippen molar-refractivity contribution in [3.8, 4) is 11.6 Å². The van der Waals surface area contributed by atoms with Crippen molar-refractivity contribution < 1.29 is 14.6 Å². The van der Waals surface area contributed by atoms with Gasteiger partial charge in [-0.05, 0) is 24.1 Å². The Morgan fingerprint density at radius 2 is 2.11 bits per heavy atom. The van der Waals surface area contributed by atoms with E-state index >= 15 is 0 Å². The van der Waals surface area contributed by atoms with Crippen LogP contribution in [0.1, 0.15) is 22.8 Å². The number of aromatic carboxylic acids is 1. The van der Waals surface area contributed by atoms with E-state index in [1.54, 1.807) is 0 Å². The van der Waals surface area contributed by atoms with Crippen LogP contribution in [0, 0.1) is 0 Å². The van der Waals surface area contributed by atoms with Crippen LogP contribution in [-0.4, -0.2) is 16.1 Å². The molecule has 19 heavy (non-hydrogen) atoms. The third kappa shape index (κ3) is 3.23. The Bertz CT molecular complexity index is 613. The number of aryl methyl sites for hydroxylation is 1. The maximum atomic E-state index is 10.9. The fourth-order valence-corrected chi connectivity index (χ4v) is 1.86. The Morgan fingerprint density at radius 3 is 2.79 bits per heavy atom. The van der Waals surface area contributed by atoms with Gasteiger partial charge in [0, 0.05) is 6.07 Å². The maximum Gasteiger partial charge on any atom is 0.335 e. The van der Waals surface area contributed by atoms with Gasteiger partial charge < -0.3 is 9.84 Å². The van der Waals surface area contributed by atoms with Crippen molar-refractivity contribution in [2.75, 3.05) is 0 Å². The number of carboxylic acid groups (broad SMARTS) is 1. The number of halogens is 1. The van der Waals surface area contributed by atoms with Crippen LogP contribution in [0.15, 0.2) is 36.4 Å². The molecule has 98 valence electrons. The van der Waals surface area contributed by atoms with Crippen molar-refractivity contribution in [3.63, 3.8) is 0 Å². The lowest BCUT2D eigenvalue weighted by atomic mass is 10.1. The molecule has 0 atom stereocenters. The highest BCUT2D eigenvalue weighted by atomic mass is 35.5. The van der Waals surface area contributed by atoms with Crippen molar-refractivity contribution in [2.24, 2.45) is 0 Å². The first-order valence-electron chi connectivity index (χ1n) is 5.76. The van der Waals surface area contributed by atoms with E-state index in [0.29, 0.717) is 5.75 Å². The number of ether oxygens (including phenoxy) is 1. The molecular weight excluding hydrogens is 266 g/mol. The topological polar surface area (TPSA) is 59.4 Å². The molecule has 2 aromatic rings. The fraction of sp³-hybridized carbons (Fsp3) is 0.143. The summed E-state index contributed by atoms with van der Waals surface area (Å²) in [7, 11) is 0. The zero-order valence-electron chi connectivity index (χ0n) is 10.3. The van der Waals surface area contributed by atoms with Gasteiger partial charge in [-0.3, -0.25) is 0 Å². The highest BCUT2D eigenvalue weighted by Crippen LogP contribution is 2.26. The molecule has 4 nitrogen and oxygen atoms in total. The first-order chi connectivity index (χ1) is 9.10. The molecule has 1 aromatic carbocycles. The first-order valence-corrected chi connectivity index (χ1v) is 6.14. The summed E-state index contributed by atoms with van der Waals surface area (Å²) < 4.78 is 5.61. The summed E-state index contributed by atoms with van der Waals surface area (Å²) in [5.41, 5.74) is 1.06. The van der Waals surface area contributed by atoms with Crippen molar-refractivity contribution in [1.82, 2.24) is 4.98 Å². The zero-order valence-corrected chi connectivity index (χ0v) is 11.0. The summed E-state index contributed by atoms with van der Waals surface area (Å²) >= 11 is 5.78. The van der Waals surface area contributed by atoms with Gasteiger partial charge >= 0.3 is 5.97 Å². The van der Waals surface area contributed by atoms with Gasteiger partial charge in [0.2, 0.25) is 5.88 Å². The highest BCUT2D eigenvalue weighted by molar-refractivity contribution is 6.29. The van der Waals surface area contributed by atoms with Gasteiger partial charge in [0.1, 0.15) is 10.9 Å². The Hall–Kier alpha value is -2.07. The van der Waals surface area contributed by atoms with E-state index in [0.717, 1.165) is 12.0 Å². The summed E-state index contributed by atoms with van der Waals surface area (Å²) in [4.78, 5) is 14.9. The molecule has 1 aromatic heterocycles. The number of hydrogen-bond donors (Lipinski definition) is 1. The Labute approximate surface area is 115 Å². The molecule has 0 unspecified atom stereocenters. The minimum Gasteiger partial charge on any atom is -0.478 e. The highest BCUT2D eigenvalue weighted by Gasteiger charge is 2.10. The molecule has 0 spiro atoms. The molecule has 0 aliphatic carbocycles. The summed E-state index contributed by atoms with van der Waals surface area (Å²) in [6.07, 6.45) is 0.808. The number of nitrogens with zero attached hydrogens (tertiary/aromatic N) is 1. The van der Waals surface area contributed by atoms with E-state index in [9.17, 15) is 4.79 Å². The predicted molar refractivity (Wildman–Crippen MR) is 72.1 cm³/mol. The molecule has 0 amide bonds. The van der Waals surface area contributed by atoms with Crippen LogP contribution in [0.5, 0.6) is 11.6 Å². The van der Waals surface area contributed by atoms with E-state index in [1.165, 1.54) is 12.1 Å². The minimum atomic E-state index is -1.07. The van der Waals surface area contributed by atoms with Gasteiger partial charge in [0.05, 0.1) is 5.56 Å². The standard InChI is InChI=1S/C14H12ClNO3/c1-2-9-5-3-4-6-11(9)19-13-8-10(14(17)18)7-12(15)16-13/h3-8H,2H2,1H3,(H,17,18). The number of carbonyl (C=O) groups is 1. The summed E-state index contributed by atoms with van der Waals surface area (Å²) in [6, 6.07) is 10.1. The molecule has 2 rings (SSSR count). The molecule has 0 saturated heterocycles. The Kier molecular flexibility index (Phi) is 4.02. The third-order valence-electron chi connectivity index (χ3n) is 2.59. The minimum absolute atomic E-state index is 0.0454. The molecule has 0 aliphatic heterocycles. The van der Waals surface area contributed by atoms with Crippen LogP contribution in [0.4, 0.5) is 0 Å². The molecule has 0 bridgehead atoms. The van der Waals surface area contributed by atoms with Gasteiger partial charge in [-0.2, -0.15) is 0 Å². The lowest BCUT2D eigenvalue weighted by Gasteiger charge is -2.09. The number of benzene rings is 1. The van der Waals surface area contributed by atoms with Crippen LogP contribution in [0.3, 0.4) is 0 Å². The lowest BCUT2D eigenvalue weighted by Crippen LogP contribution is -1.99. The normalized spacial score (nSPS) is 10.2. The van der Waals surface area contributed by atoms with Gasteiger partial charge in [-0.25, -0.2) is 9.78 Å².